The molecular weight excluding hydrogens is 182 g/mol. The van der Waals surface area contributed by atoms with Crippen LogP contribution in [-0.2, 0) is 0 Å². The highest BCUT2D eigenvalue weighted by molar-refractivity contribution is 6.03. The molecule has 0 fully saturated rings. The molecule has 0 atom stereocenters. The van der Waals surface area contributed by atoms with Crippen molar-refractivity contribution < 1.29 is 4.79 Å². The molecule has 2 rings (SSSR count). The van der Waals surface area contributed by atoms with Crippen molar-refractivity contribution in [2.45, 2.75) is 0 Å². The summed E-state index contributed by atoms with van der Waals surface area (Å²) in [5.74, 6) is 0.160. The molecule has 0 radical (unpaired) electrons. The molecule has 0 aliphatic heterocycles. The van der Waals surface area contributed by atoms with Crippen LogP contribution >= 0.6 is 0 Å². The summed E-state index contributed by atoms with van der Waals surface area (Å²) in [6.45, 7) is 0. The number of nitrogens with zero attached hydrogens (tertiary/aromatic N) is 3. The lowest BCUT2D eigenvalue weighted by atomic mass is 10.2. The van der Waals surface area contributed by atoms with Crippen LogP contribution in [0.15, 0.2) is 30.7 Å². The van der Waals surface area contributed by atoms with Gasteiger partial charge in [0, 0.05) is 18.0 Å². The van der Waals surface area contributed by atoms with Gasteiger partial charge in [-0.3, -0.25) is 9.78 Å². The minimum atomic E-state index is -0.235. The Kier molecular flexibility index (Phi) is 2.18. The average molecular weight is 189 g/mol. The second-order valence-corrected chi connectivity index (χ2v) is 2.55. The predicted molar refractivity (Wildman–Crippen MR) is 48.6 cm³/mol. The number of rotatable bonds is 2. The molecule has 0 spiro atoms. The van der Waals surface area contributed by atoms with Crippen LogP contribution in [0.2, 0.25) is 0 Å². The topological polar surface area (TPSA) is 83.6 Å². The minimum Gasteiger partial charge on any atom is -0.304 e. The van der Waals surface area contributed by atoms with Crippen LogP contribution in [0.1, 0.15) is 10.4 Å². The fraction of sp³-hybridized carbons (Fsp3) is 0. The second kappa shape index (κ2) is 3.65. The Bertz CT molecular complexity index is 411. The van der Waals surface area contributed by atoms with Crippen molar-refractivity contribution in [1.82, 2.24) is 20.4 Å². The summed E-state index contributed by atoms with van der Waals surface area (Å²) >= 11 is 0. The van der Waals surface area contributed by atoms with Crippen molar-refractivity contribution in [3.8, 4) is 0 Å². The number of carbonyl (C=O) groups is 1. The number of nitrogens with one attached hydrogen (secondary N) is 2. The fourth-order valence-corrected chi connectivity index (χ4v) is 0.954. The summed E-state index contributed by atoms with van der Waals surface area (Å²) in [5.41, 5.74) is 0.531. The van der Waals surface area contributed by atoms with Crippen LogP contribution in [0.25, 0.3) is 0 Å². The van der Waals surface area contributed by atoms with E-state index in [0.29, 0.717) is 11.4 Å². The lowest BCUT2D eigenvalue weighted by Crippen LogP contribution is -2.11. The molecular formula is C8H7N5O. The van der Waals surface area contributed by atoms with Crippen molar-refractivity contribution in [3.63, 3.8) is 0 Å². The SMILES string of the molecule is O=C(Nc1cn[nH]n1)c1ccncc1. The van der Waals surface area contributed by atoms with Gasteiger partial charge in [-0.15, -0.1) is 5.10 Å². The van der Waals surface area contributed by atoms with E-state index >= 15 is 0 Å². The van der Waals surface area contributed by atoms with Crippen LogP contribution < -0.4 is 5.32 Å². The monoisotopic (exact) mass is 189 g/mol. The van der Waals surface area contributed by atoms with Gasteiger partial charge in [0.15, 0.2) is 5.82 Å². The molecule has 0 saturated heterocycles. The van der Waals surface area contributed by atoms with Crippen molar-refractivity contribution in [2.24, 2.45) is 0 Å². The fourth-order valence-electron chi connectivity index (χ4n) is 0.954. The maximum atomic E-state index is 11.5. The van der Waals surface area contributed by atoms with Gasteiger partial charge in [-0.05, 0) is 12.1 Å². The quantitative estimate of drug-likeness (QED) is 0.718. The van der Waals surface area contributed by atoms with Crippen LogP contribution in [0.5, 0.6) is 0 Å². The molecule has 2 aromatic heterocycles. The van der Waals surface area contributed by atoms with Crippen LogP contribution in [0.3, 0.4) is 0 Å². The number of hydrogen-bond donors (Lipinski definition) is 2. The summed E-state index contributed by atoms with van der Waals surface area (Å²) in [6.07, 6.45) is 4.54. The first-order chi connectivity index (χ1) is 6.86. The molecule has 0 aliphatic rings. The highest BCUT2D eigenvalue weighted by atomic mass is 16.1. The molecule has 0 aromatic carbocycles. The van der Waals surface area contributed by atoms with E-state index in [0.717, 1.165) is 0 Å². The van der Waals surface area contributed by atoms with Crippen molar-refractivity contribution >= 4 is 11.7 Å². The molecule has 2 N–H and O–H groups in total. The normalized spacial score (nSPS) is 9.71. The lowest BCUT2D eigenvalue weighted by Gasteiger charge is -1.99. The minimum absolute atomic E-state index is 0.235. The number of amides is 1. The van der Waals surface area contributed by atoms with Gasteiger partial charge in [0.1, 0.15) is 0 Å². The third kappa shape index (κ3) is 1.74. The van der Waals surface area contributed by atoms with Gasteiger partial charge < -0.3 is 5.32 Å². The Hall–Kier alpha value is -2.24. The maximum Gasteiger partial charge on any atom is 0.257 e. The number of aromatic amines is 1. The lowest BCUT2D eigenvalue weighted by molar-refractivity contribution is 0.102. The molecule has 6 nitrogen and oxygen atoms in total. The predicted octanol–water partition coefficient (Wildman–Crippen LogP) is 0.452. The highest BCUT2D eigenvalue weighted by Gasteiger charge is 2.05. The first-order valence-electron chi connectivity index (χ1n) is 3.93. The Morgan fingerprint density at radius 2 is 2.14 bits per heavy atom. The van der Waals surface area contributed by atoms with Gasteiger partial charge in [0.2, 0.25) is 0 Å². The number of anilines is 1. The first kappa shape index (κ1) is 8.36. The van der Waals surface area contributed by atoms with E-state index in [4.69, 9.17) is 0 Å². The maximum absolute atomic E-state index is 11.5. The van der Waals surface area contributed by atoms with Crippen molar-refractivity contribution in [2.75, 3.05) is 5.32 Å². The number of carbonyl (C=O) groups excluding carboxylic acids is 1. The zero-order valence-electron chi connectivity index (χ0n) is 7.14. The number of aromatic nitrogens is 4. The summed E-state index contributed by atoms with van der Waals surface area (Å²) in [6, 6.07) is 3.24. The summed E-state index contributed by atoms with van der Waals surface area (Å²) in [5, 5.41) is 12.2. The van der Waals surface area contributed by atoms with E-state index in [-0.39, 0.29) is 5.91 Å². The Balaban J connectivity index is 2.11. The van der Waals surface area contributed by atoms with E-state index in [2.05, 4.69) is 25.7 Å². The van der Waals surface area contributed by atoms with E-state index in [1.54, 1.807) is 24.5 Å². The van der Waals surface area contributed by atoms with Crippen molar-refractivity contribution in [3.05, 3.63) is 36.3 Å². The zero-order chi connectivity index (χ0) is 9.80. The van der Waals surface area contributed by atoms with Gasteiger partial charge in [-0.1, -0.05) is 0 Å². The van der Waals surface area contributed by atoms with Gasteiger partial charge in [-0.25, -0.2) is 0 Å². The van der Waals surface area contributed by atoms with Gasteiger partial charge >= 0.3 is 0 Å². The molecule has 0 saturated carbocycles. The Morgan fingerprint density at radius 3 is 2.79 bits per heavy atom. The third-order valence-electron chi connectivity index (χ3n) is 1.60. The molecule has 70 valence electrons. The Morgan fingerprint density at radius 1 is 1.36 bits per heavy atom. The van der Waals surface area contributed by atoms with Crippen LogP contribution in [-0.4, -0.2) is 26.3 Å². The largest absolute Gasteiger partial charge is 0.304 e. The molecule has 2 aromatic rings. The summed E-state index contributed by atoms with van der Waals surface area (Å²) in [4.78, 5) is 15.3. The van der Waals surface area contributed by atoms with E-state index in [9.17, 15) is 4.79 Å². The number of hydrogen-bond acceptors (Lipinski definition) is 4. The highest BCUT2D eigenvalue weighted by Crippen LogP contribution is 2.02. The van der Waals surface area contributed by atoms with Gasteiger partial charge in [-0.2, -0.15) is 10.3 Å². The van der Waals surface area contributed by atoms with Crippen LogP contribution in [0, 0.1) is 0 Å². The standard InChI is InChI=1S/C8H7N5O/c14-8(6-1-3-9-4-2-6)11-7-5-10-13-12-7/h1-5H,(H2,10,11,12,13,14). The van der Waals surface area contributed by atoms with Crippen molar-refractivity contribution in [1.29, 1.82) is 0 Å². The van der Waals surface area contributed by atoms with E-state index in [1.165, 1.54) is 6.20 Å². The third-order valence-corrected chi connectivity index (χ3v) is 1.60. The molecule has 2 heterocycles. The molecule has 1 amide bonds. The average Bonchev–Trinajstić information content (AvgIpc) is 2.72. The molecule has 0 bridgehead atoms. The summed E-state index contributed by atoms with van der Waals surface area (Å²) < 4.78 is 0. The Labute approximate surface area is 79.4 Å². The number of pyridine rings is 1. The number of H-pyrrole nitrogens is 1. The van der Waals surface area contributed by atoms with Gasteiger partial charge in [0.25, 0.3) is 5.91 Å². The summed E-state index contributed by atoms with van der Waals surface area (Å²) in [7, 11) is 0. The van der Waals surface area contributed by atoms with Gasteiger partial charge in [0.05, 0.1) is 6.20 Å². The smallest absolute Gasteiger partial charge is 0.257 e. The molecule has 6 heteroatoms. The molecule has 0 aliphatic carbocycles. The molecule has 14 heavy (non-hydrogen) atoms. The molecule has 0 unspecified atom stereocenters. The second-order valence-electron chi connectivity index (χ2n) is 2.55. The van der Waals surface area contributed by atoms with E-state index < -0.39 is 0 Å². The first-order valence-corrected chi connectivity index (χ1v) is 3.93. The van der Waals surface area contributed by atoms with E-state index in [1.807, 2.05) is 0 Å². The zero-order valence-corrected chi connectivity index (χ0v) is 7.14. The van der Waals surface area contributed by atoms with Crippen LogP contribution in [0.4, 0.5) is 5.82 Å².